The molecule has 0 radical (unpaired) electrons. The number of carbonyl (C=O) groups is 1. The van der Waals surface area contributed by atoms with Crippen LogP contribution in [0.15, 0.2) is 53.3 Å². The van der Waals surface area contributed by atoms with E-state index in [0.717, 1.165) is 27.8 Å². The molecule has 30 heavy (non-hydrogen) atoms. The Morgan fingerprint density at radius 1 is 1.27 bits per heavy atom. The van der Waals surface area contributed by atoms with Gasteiger partial charge in [-0.3, -0.25) is 4.79 Å². The van der Waals surface area contributed by atoms with Crippen LogP contribution in [0, 0.1) is 11.3 Å². The molecule has 0 amide bonds. The molecule has 2 N–H and O–H groups in total. The topological polar surface area (TPSA) is 80.0 Å². The van der Waals surface area contributed by atoms with Gasteiger partial charge in [0.1, 0.15) is 17.6 Å². The smallest absolute Gasteiger partial charge is 0.227 e. The molecular formula is C23H24N4O2S. The molecule has 0 saturated carbocycles. The maximum atomic E-state index is 13.4. The van der Waals surface area contributed by atoms with Crippen molar-refractivity contribution in [3.63, 3.8) is 0 Å². The van der Waals surface area contributed by atoms with Crippen LogP contribution in [0.5, 0.6) is 5.75 Å². The fraction of sp³-hybridized carbons (Fsp3) is 0.348. The number of nitrogens with zero attached hydrogens (tertiary/aromatic N) is 3. The number of aromatic hydroxyl groups is 1. The summed E-state index contributed by atoms with van der Waals surface area (Å²) >= 11 is 1.56. The first kappa shape index (κ1) is 19.2. The summed E-state index contributed by atoms with van der Waals surface area (Å²) in [4.78, 5) is 18.0. The van der Waals surface area contributed by atoms with E-state index in [2.05, 4.69) is 37.1 Å². The second-order valence-electron chi connectivity index (χ2n) is 8.59. The first-order chi connectivity index (χ1) is 14.4. The Balaban J connectivity index is 1.80. The second-order valence-corrected chi connectivity index (χ2v) is 9.83. The molecule has 3 aromatic rings. The summed E-state index contributed by atoms with van der Waals surface area (Å²) in [6, 6.07) is 11.1. The number of allylic oxidation sites excluding steroid dienone is 2. The molecule has 0 fully saturated rings. The van der Waals surface area contributed by atoms with Crippen LogP contribution < -0.4 is 5.32 Å². The van der Waals surface area contributed by atoms with E-state index >= 15 is 0 Å². The van der Waals surface area contributed by atoms with E-state index in [0.29, 0.717) is 17.5 Å². The van der Waals surface area contributed by atoms with Gasteiger partial charge in [-0.05, 0) is 28.0 Å². The van der Waals surface area contributed by atoms with Gasteiger partial charge in [-0.2, -0.15) is 4.98 Å². The van der Waals surface area contributed by atoms with Crippen molar-refractivity contribution in [3.8, 4) is 5.75 Å². The van der Waals surface area contributed by atoms with Crippen LogP contribution in [0.1, 0.15) is 38.8 Å². The summed E-state index contributed by atoms with van der Waals surface area (Å²) in [6.45, 7) is 6.19. The van der Waals surface area contributed by atoms with Crippen LogP contribution in [-0.4, -0.2) is 31.4 Å². The lowest BCUT2D eigenvalue weighted by Gasteiger charge is -2.40. The van der Waals surface area contributed by atoms with Crippen molar-refractivity contribution in [1.29, 1.82) is 0 Å². The molecule has 1 aromatic heterocycles. The standard InChI is InChI=1S/C23H24N4O2S/c1-4-30-22-25-21-24-15-11-23(2,3)12-17(29)19(15)20(27(21)26-22)18-14-8-6-5-7-13(14)9-10-16(18)28/h5-11,19-20,28H,4,12H2,1-3H3,(H,24,25,26)/t19-,20-/m0/s1. The lowest BCUT2D eigenvalue weighted by Crippen LogP contribution is -2.42. The summed E-state index contributed by atoms with van der Waals surface area (Å²) in [5.41, 5.74) is 1.34. The molecule has 2 heterocycles. The van der Waals surface area contributed by atoms with Crippen LogP contribution in [0.25, 0.3) is 10.8 Å². The number of carbonyl (C=O) groups excluding carboxylic acids is 1. The van der Waals surface area contributed by atoms with Crippen LogP contribution in [0.2, 0.25) is 0 Å². The van der Waals surface area contributed by atoms with Crippen LogP contribution >= 0.6 is 11.8 Å². The Morgan fingerprint density at radius 2 is 2.07 bits per heavy atom. The third-order valence-electron chi connectivity index (χ3n) is 5.82. The normalized spacial score (nSPS) is 22.2. The van der Waals surface area contributed by atoms with Gasteiger partial charge in [0.2, 0.25) is 11.1 Å². The van der Waals surface area contributed by atoms with Crippen molar-refractivity contribution in [1.82, 2.24) is 14.8 Å². The Labute approximate surface area is 179 Å². The Morgan fingerprint density at radius 3 is 2.87 bits per heavy atom. The number of benzene rings is 2. The fourth-order valence-corrected chi connectivity index (χ4v) is 5.24. The fourth-order valence-electron chi connectivity index (χ4n) is 4.68. The molecule has 2 atom stereocenters. The summed E-state index contributed by atoms with van der Waals surface area (Å²) in [7, 11) is 0. The van der Waals surface area contributed by atoms with Crippen molar-refractivity contribution in [2.45, 2.75) is 38.4 Å². The molecule has 5 rings (SSSR count). The molecule has 2 aromatic carbocycles. The predicted octanol–water partition coefficient (Wildman–Crippen LogP) is 4.76. The van der Waals surface area contributed by atoms with Gasteiger partial charge in [-0.1, -0.05) is 68.9 Å². The number of hydrogen-bond donors (Lipinski definition) is 2. The number of nitrogens with one attached hydrogen (secondary N) is 1. The number of rotatable bonds is 3. The molecule has 1 aliphatic carbocycles. The molecule has 0 spiro atoms. The Hall–Kier alpha value is -2.80. The van der Waals surface area contributed by atoms with Crippen LogP contribution in [0.3, 0.4) is 0 Å². The number of thioether (sulfide) groups is 1. The third kappa shape index (κ3) is 2.99. The number of fused-ring (bicyclic) bond motifs is 3. The predicted molar refractivity (Wildman–Crippen MR) is 119 cm³/mol. The Kier molecular flexibility index (Phi) is 4.39. The average Bonchev–Trinajstić information content (AvgIpc) is 3.08. The van der Waals surface area contributed by atoms with E-state index in [1.54, 1.807) is 22.5 Å². The maximum Gasteiger partial charge on any atom is 0.227 e. The van der Waals surface area contributed by atoms with Gasteiger partial charge < -0.3 is 10.4 Å². The van der Waals surface area contributed by atoms with Crippen molar-refractivity contribution in [2.75, 3.05) is 11.1 Å². The van der Waals surface area contributed by atoms with E-state index in [1.807, 2.05) is 30.3 Å². The highest BCUT2D eigenvalue weighted by atomic mass is 32.2. The molecule has 154 valence electrons. The zero-order valence-corrected chi connectivity index (χ0v) is 18.0. The van der Waals surface area contributed by atoms with E-state index in [1.165, 1.54) is 0 Å². The quantitative estimate of drug-likeness (QED) is 0.595. The number of ketones is 1. The number of phenolic OH excluding ortho intramolecular Hbond substituents is 1. The molecular weight excluding hydrogens is 396 g/mol. The minimum atomic E-state index is -0.457. The summed E-state index contributed by atoms with van der Waals surface area (Å²) in [6.07, 6.45) is 2.59. The number of hydrogen-bond acceptors (Lipinski definition) is 6. The van der Waals surface area contributed by atoms with Crippen molar-refractivity contribution < 1.29 is 9.90 Å². The summed E-state index contributed by atoms with van der Waals surface area (Å²) in [5, 5.41) is 21.6. The number of anilines is 1. The molecule has 0 saturated heterocycles. The molecule has 6 nitrogen and oxygen atoms in total. The second kappa shape index (κ2) is 6.87. The first-order valence-corrected chi connectivity index (χ1v) is 11.2. The van der Waals surface area contributed by atoms with E-state index in [-0.39, 0.29) is 16.9 Å². The van der Waals surface area contributed by atoms with Gasteiger partial charge in [-0.25, -0.2) is 4.68 Å². The lowest BCUT2D eigenvalue weighted by molar-refractivity contribution is -0.125. The minimum Gasteiger partial charge on any atom is -0.508 e. The molecule has 1 aliphatic heterocycles. The van der Waals surface area contributed by atoms with E-state index in [4.69, 9.17) is 5.10 Å². The zero-order valence-electron chi connectivity index (χ0n) is 17.2. The van der Waals surface area contributed by atoms with Crippen LogP contribution in [0.4, 0.5) is 5.95 Å². The number of Topliss-reactive ketones (excluding diaryl/α,β-unsaturated/α-hetero) is 1. The minimum absolute atomic E-state index is 0.146. The number of aromatic nitrogens is 3. The van der Waals surface area contributed by atoms with Gasteiger partial charge in [0.25, 0.3) is 0 Å². The summed E-state index contributed by atoms with van der Waals surface area (Å²) < 4.78 is 1.79. The highest BCUT2D eigenvalue weighted by molar-refractivity contribution is 7.99. The van der Waals surface area contributed by atoms with Gasteiger partial charge >= 0.3 is 0 Å². The average molecular weight is 421 g/mol. The SMILES string of the molecule is CCSc1nc2n(n1)[C@@H](c1c(O)ccc3ccccc13)[C@@H]1C(=O)CC(C)(C)C=C1N2. The van der Waals surface area contributed by atoms with E-state index in [9.17, 15) is 9.90 Å². The van der Waals surface area contributed by atoms with Gasteiger partial charge in [0.05, 0.1) is 5.92 Å². The monoisotopic (exact) mass is 420 g/mol. The highest BCUT2D eigenvalue weighted by Crippen LogP contribution is 2.48. The van der Waals surface area contributed by atoms with Gasteiger partial charge in [0, 0.05) is 17.7 Å². The van der Waals surface area contributed by atoms with Gasteiger partial charge in [-0.15, -0.1) is 5.10 Å². The first-order valence-electron chi connectivity index (χ1n) is 10.2. The summed E-state index contributed by atoms with van der Waals surface area (Å²) in [5.74, 6) is 1.34. The molecule has 0 unspecified atom stereocenters. The van der Waals surface area contributed by atoms with E-state index < -0.39 is 12.0 Å². The Bertz CT molecular complexity index is 1200. The van der Waals surface area contributed by atoms with Gasteiger partial charge in [0.15, 0.2) is 0 Å². The highest BCUT2D eigenvalue weighted by Gasteiger charge is 2.46. The van der Waals surface area contributed by atoms with Crippen LogP contribution in [-0.2, 0) is 4.79 Å². The van der Waals surface area contributed by atoms with Crippen molar-refractivity contribution >= 4 is 34.3 Å². The zero-order chi connectivity index (χ0) is 21.0. The van der Waals surface area contributed by atoms with Crippen molar-refractivity contribution in [2.24, 2.45) is 11.3 Å². The maximum absolute atomic E-state index is 13.4. The number of phenols is 1. The molecule has 7 heteroatoms. The largest absolute Gasteiger partial charge is 0.508 e. The van der Waals surface area contributed by atoms with Crippen molar-refractivity contribution in [3.05, 3.63) is 53.7 Å². The lowest BCUT2D eigenvalue weighted by atomic mass is 9.71. The molecule has 2 aliphatic rings. The third-order valence-corrected chi connectivity index (χ3v) is 6.54. The molecule has 0 bridgehead atoms.